The monoisotopic (exact) mass is 714 g/mol. The van der Waals surface area contributed by atoms with Gasteiger partial charge in [-0.15, -0.1) is 0 Å². The SMILES string of the molecule is CC[C@H]1OC(=O)CC(=O)[C@H](C)[C@@H](O[C@@H]2O[C@H](C(O)CN3CCCC3)CC(N(C)C)C2O)[C@](C)(OC)C[C@@H](C)CN[C@H](C)[C@@H](C)[C@]1(C)OC(N)=O. The van der Waals surface area contributed by atoms with Crippen molar-refractivity contribution in [2.45, 2.75) is 147 Å². The lowest BCUT2D eigenvalue weighted by atomic mass is 9.79. The van der Waals surface area contributed by atoms with Gasteiger partial charge in [-0.2, -0.15) is 0 Å². The number of hydrogen-bond donors (Lipinski definition) is 4. The van der Waals surface area contributed by atoms with Crippen LogP contribution in [-0.2, 0) is 33.3 Å². The van der Waals surface area contributed by atoms with E-state index in [1.807, 2.05) is 46.7 Å². The van der Waals surface area contributed by atoms with E-state index in [-0.39, 0.29) is 17.9 Å². The number of ketones is 1. The predicted octanol–water partition coefficient (Wildman–Crippen LogP) is 2.06. The minimum Gasteiger partial charge on any atom is -0.458 e. The highest BCUT2D eigenvalue weighted by atomic mass is 16.7. The lowest BCUT2D eigenvalue weighted by Crippen LogP contribution is -2.61. The number of hydrogen-bond acceptors (Lipinski definition) is 13. The van der Waals surface area contributed by atoms with E-state index in [4.69, 9.17) is 29.4 Å². The summed E-state index contributed by atoms with van der Waals surface area (Å²) in [6.45, 7) is 15.8. The molecular weight excluding hydrogens is 648 g/mol. The summed E-state index contributed by atoms with van der Waals surface area (Å²) in [5, 5.41) is 26.4. The van der Waals surface area contributed by atoms with E-state index >= 15 is 0 Å². The number of rotatable bonds is 9. The summed E-state index contributed by atoms with van der Waals surface area (Å²) in [6, 6.07) is -0.586. The Bertz CT molecular complexity index is 1120. The van der Waals surface area contributed by atoms with Crippen LogP contribution >= 0.6 is 0 Å². The highest BCUT2D eigenvalue weighted by molar-refractivity contribution is 5.97. The quantitative estimate of drug-likeness (QED) is 0.201. The molecule has 3 rings (SSSR count). The number of β-amino-alcohol motifs (C(OH)–C–C–N with tert-alkyl or cyclic N) is 1. The van der Waals surface area contributed by atoms with Crippen LogP contribution in [0.2, 0.25) is 0 Å². The summed E-state index contributed by atoms with van der Waals surface area (Å²) in [5.41, 5.74) is 3.15. The molecule has 3 aliphatic heterocycles. The Kier molecular flexibility index (Phi) is 15.5. The van der Waals surface area contributed by atoms with Gasteiger partial charge in [0.25, 0.3) is 0 Å². The second kappa shape index (κ2) is 18.2. The Morgan fingerprint density at radius 2 is 1.80 bits per heavy atom. The third-order valence-corrected chi connectivity index (χ3v) is 11.6. The van der Waals surface area contributed by atoms with Crippen molar-refractivity contribution in [1.29, 1.82) is 0 Å². The van der Waals surface area contributed by atoms with Crippen LogP contribution in [0.15, 0.2) is 0 Å². The smallest absolute Gasteiger partial charge is 0.405 e. The molecule has 0 radical (unpaired) electrons. The minimum atomic E-state index is -1.28. The first-order valence-corrected chi connectivity index (χ1v) is 18.4. The van der Waals surface area contributed by atoms with E-state index in [2.05, 4.69) is 17.1 Å². The van der Waals surface area contributed by atoms with Crippen LogP contribution in [0.1, 0.15) is 87.0 Å². The molecule has 3 aliphatic rings. The number of nitrogens with one attached hydrogen (secondary N) is 1. The van der Waals surface area contributed by atoms with Gasteiger partial charge in [-0.3, -0.25) is 9.59 Å². The fraction of sp³-hybridized carbons (Fsp3) is 0.917. The molecule has 0 spiro atoms. The van der Waals surface area contributed by atoms with Gasteiger partial charge in [0, 0.05) is 37.6 Å². The topological polar surface area (TPSA) is 182 Å². The number of nitrogens with two attached hydrogens (primary N) is 1. The van der Waals surface area contributed by atoms with Crippen LogP contribution in [0, 0.1) is 17.8 Å². The van der Waals surface area contributed by atoms with Gasteiger partial charge in [0.05, 0.1) is 23.9 Å². The molecule has 1 amide bonds. The van der Waals surface area contributed by atoms with Gasteiger partial charge in [0.2, 0.25) is 0 Å². The molecule has 13 atom stereocenters. The number of aliphatic hydroxyl groups excluding tert-OH is 2. The molecule has 14 nitrogen and oxygen atoms in total. The number of carbonyl (C=O) groups excluding carboxylic acids is 3. The van der Waals surface area contributed by atoms with Crippen LogP contribution in [0.3, 0.4) is 0 Å². The number of ether oxygens (including phenoxy) is 5. The van der Waals surface area contributed by atoms with Crippen LogP contribution in [0.25, 0.3) is 0 Å². The van der Waals surface area contributed by atoms with Crippen molar-refractivity contribution in [3.63, 3.8) is 0 Å². The second-order valence-electron chi connectivity index (χ2n) is 15.7. The number of aliphatic hydroxyl groups is 2. The first-order chi connectivity index (χ1) is 23.4. The van der Waals surface area contributed by atoms with Gasteiger partial charge in [-0.05, 0) is 92.5 Å². The number of primary amides is 1. The fourth-order valence-electron chi connectivity index (χ4n) is 8.11. The molecule has 0 aromatic heterocycles. The van der Waals surface area contributed by atoms with Crippen molar-refractivity contribution in [3.05, 3.63) is 0 Å². The maximum Gasteiger partial charge on any atom is 0.405 e. The molecule has 0 aromatic rings. The number of carbonyl (C=O) groups is 3. The Hall–Kier alpha value is -1.91. The van der Waals surface area contributed by atoms with Crippen molar-refractivity contribution in [2.24, 2.45) is 23.5 Å². The van der Waals surface area contributed by atoms with E-state index in [1.165, 1.54) is 0 Å². The lowest BCUT2D eigenvalue weighted by molar-refractivity contribution is -0.306. The summed E-state index contributed by atoms with van der Waals surface area (Å²) < 4.78 is 30.7. The van der Waals surface area contributed by atoms with Crippen LogP contribution in [-0.4, -0.2) is 145 Å². The van der Waals surface area contributed by atoms with Gasteiger partial charge in [-0.25, -0.2) is 4.79 Å². The Morgan fingerprint density at radius 1 is 1.16 bits per heavy atom. The largest absolute Gasteiger partial charge is 0.458 e. The number of cyclic esters (lactones) is 1. The molecule has 0 aliphatic carbocycles. The Labute approximate surface area is 299 Å². The zero-order valence-corrected chi connectivity index (χ0v) is 32.1. The van der Waals surface area contributed by atoms with Gasteiger partial charge < -0.3 is 54.7 Å². The van der Waals surface area contributed by atoms with E-state index < -0.39 is 84.2 Å². The highest BCUT2D eigenvalue weighted by Gasteiger charge is 2.50. The molecule has 0 saturated carbocycles. The summed E-state index contributed by atoms with van der Waals surface area (Å²) >= 11 is 0. The predicted molar refractivity (Wildman–Crippen MR) is 187 cm³/mol. The maximum absolute atomic E-state index is 14.0. The first kappa shape index (κ1) is 42.5. The van der Waals surface area contributed by atoms with E-state index in [9.17, 15) is 24.6 Å². The zero-order chi connectivity index (χ0) is 37.6. The summed E-state index contributed by atoms with van der Waals surface area (Å²) in [5.74, 6) is -2.45. The van der Waals surface area contributed by atoms with E-state index in [0.29, 0.717) is 32.4 Å². The maximum atomic E-state index is 14.0. The summed E-state index contributed by atoms with van der Waals surface area (Å²) in [4.78, 5) is 43.5. The van der Waals surface area contributed by atoms with Crippen molar-refractivity contribution < 1.29 is 48.3 Å². The molecule has 14 heteroatoms. The Morgan fingerprint density at radius 3 is 2.36 bits per heavy atom. The third-order valence-electron chi connectivity index (χ3n) is 11.6. The summed E-state index contributed by atoms with van der Waals surface area (Å²) in [6.07, 6.45) is -3.77. The van der Waals surface area contributed by atoms with Crippen LogP contribution < -0.4 is 11.1 Å². The Balaban J connectivity index is 1.98. The second-order valence-corrected chi connectivity index (χ2v) is 15.7. The van der Waals surface area contributed by atoms with E-state index in [0.717, 1.165) is 25.9 Å². The number of methoxy groups -OCH3 is 1. The molecular formula is C36H66N4O10. The number of Topliss-reactive ketones (excluding diaryl/α,β-unsaturated/α-hetero) is 1. The van der Waals surface area contributed by atoms with Gasteiger partial charge in [0.1, 0.15) is 24.4 Å². The fourth-order valence-corrected chi connectivity index (χ4v) is 8.11. The average molecular weight is 715 g/mol. The molecule has 50 heavy (non-hydrogen) atoms. The molecule has 3 saturated heterocycles. The van der Waals surface area contributed by atoms with Crippen LogP contribution in [0.5, 0.6) is 0 Å². The number of nitrogens with zero attached hydrogens (tertiary/aromatic N) is 2. The van der Waals surface area contributed by atoms with Crippen molar-refractivity contribution in [1.82, 2.24) is 15.1 Å². The molecule has 5 N–H and O–H groups in total. The van der Waals surface area contributed by atoms with Gasteiger partial charge in [0.15, 0.2) is 11.9 Å². The lowest BCUT2D eigenvalue weighted by Gasteiger charge is -2.47. The number of likely N-dealkylation sites (N-methyl/N-ethyl adjacent to an activating group) is 1. The standard InChI is InChI=1S/C36H66N4O10/c1-11-29-36(7,50-34(37)45)23(4)24(5)38-19-21(2)18-35(6,46-10)32(22(3)26(41)17-30(43)48-29)49-33-31(44)25(39(8)9)16-28(47-33)27(42)20-40-14-12-13-15-40/h21-25,27-29,31-33,38,42,44H,11-20H2,1-10H3,(H2,37,45)/t21-,22+,23-,24-,25?,27?,28+,29-,31?,32-,33+,35-,36+/m1/s1. The average Bonchev–Trinajstić information content (AvgIpc) is 3.56. The van der Waals surface area contributed by atoms with Crippen molar-refractivity contribution in [3.8, 4) is 0 Å². The molecule has 0 bridgehead atoms. The summed E-state index contributed by atoms with van der Waals surface area (Å²) in [7, 11) is 5.28. The third kappa shape index (κ3) is 10.4. The molecule has 3 heterocycles. The first-order valence-electron chi connectivity index (χ1n) is 18.4. The number of esters is 1. The normalized spacial score (nSPS) is 40.9. The van der Waals surface area contributed by atoms with Gasteiger partial charge >= 0.3 is 12.1 Å². The molecule has 3 fully saturated rings. The van der Waals surface area contributed by atoms with Crippen LogP contribution in [0.4, 0.5) is 4.79 Å². The highest BCUT2D eigenvalue weighted by Crippen LogP contribution is 2.37. The number of amides is 1. The molecule has 3 unspecified atom stereocenters. The van der Waals surface area contributed by atoms with Crippen molar-refractivity contribution >= 4 is 17.8 Å². The molecule has 290 valence electrons. The van der Waals surface area contributed by atoms with Crippen molar-refractivity contribution in [2.75, 3.05) is 47.4 Å². The minimum absolute atomic E-state index is 0.00180. The molecule has 0 aromatic carbocycles. The van der Waals surface area contributed by atoms with Gasteiger partial charge in [-0.1, -0.05) is 27.7 Å². The number of likely N-dealkylation sites (tertiary alicyclic amines) is 1. The van der Waals surface area contributed by atoms with E-state index in [1.54, 1.807) is 21.0 Å². The zero-order valence-electron chi connectivity index (χ0n) is 32.1.